The number of hydrogen-bond acceptors (Lipinski definition) is 3. The molecular weight excluding hydrogens is 284 g/mol. The molecule has 1 heterocycles. The van der Waals surface area contributed by atoms with Gasteiger partial charge in [-0.15, -0.1) is 0 Å². The maximum absolute atomic E-state index is 12.9. The molecule has 2 N–H and O–H groups in total. The molecular formula is C8H13FIN3. The van der Waals surface area contributed by atoms with Gasteiger partial charge in [-0.3, -0.25) is 0 Å². The Hall–Kier alpha value is -0.330. The second kappa shape index (κ2) is 5.41. The Morgan fingerprint density at radius 2 is 2.38 bits per heavy atom. The molecule has 0 saturated heterocycles. The fraction of sp³-hybridized carbons (Fsp3) is 0.625. The van der Waals surface area contributed by atoms with Crippen molar-refractivity contribution in [3.63, 3.8) is 0 Å². The average molecular weight is 297 g/mol. The highest BCUT2D eigenvalue weighted by molar-refractivity contribution is 14.1. The molecule has 0 unspecified atom stereocenters. The van der Waals surface area contributed by atoms with Gasteiger partial charge in [-0.25, -0.2) is 9.38 Å². The van der Waals surface area contributed by atoms with Gasteiger partial charge in [0.1, 0.15) is 6.67 Å². The van der Waals surface area contributed by atoms with E-state index in [1.54, 1.807) is 0 Å². The first-order valence-electron chi connectivity index (χ1n) is 4.21. The molecule has 0 atom stereocenters. The van der Waals surface area contributed by atoms with Gasteiger partial charge in [0.25, 0.3) is 0 Å². The van der Waals surface area contributed by atoms with E-state index in [2.05, 4.69) is 27.6 Å². The predicted molar refractivity (Wildman–Crippen MR) is 60.5 cm³/mol. The summed E-state index contributed by atoms with van der Waals surface area (Å²) in [5.74, 6) is -0.397. The van der Waals surface area contributed by atoms with Crippen LogP contribution in [0.4, 0.5) is 4.39 Å². The average Bonchev–Trinajstić information content (AvgIpc) is 2.12. The fourth-order valence-electron chi connectivity index (χ4n) is 1.05. The second-order valence-electron chi connectivity index (χ2n) is 2.87. The predicted octanol–water partition coefficient (Wildman–Crippen LogP) is 1.64. The van der Waals surface area contributed by atoms with Crippen LogP contribution in [0.5, 0.6) is 0 Å². The minimum atomic E-state index is -0.416. The first-order valence-corrected chi connectivity index (χ1v) is 5.74. The first-order chi connectivity index (χ1) is 6.24. The highest BCUT2D eigenvalue weighted by Crippen LogP contribution is 2.08. The van der Waals surface area contributed by atoms with Crippen LogP contribution in [0.25, 0.3) is 0 Å². The van der Waals surface area contributed by atoms with Crippen molar-refractivity contribution in [3.8, 4) is 0 Å². The number of nitrogens with two attached hydrogens (primary N) is 1. The molecule has 0 aliphatic carbocycles. The Balaban J connectivity index is 2.31. The van der Waals surface area contributed by atoms with Crippen molar-refractivity contribution < 1.29 is 4.39 Å². The summed E-state index contributed by atoms with van der Waals surface area (Å²) in [4.78, 5) is 5.69. The van der Waals surface area contributed by atoms with Crippen molar-refractivity contribution >= 4 is 28.4 Å². The van der Waals surface area contributed by atoms with Crippen molar-refractivity contribution in [1.29, 1.82) is 0 Å². The van der Waals surface area contributed by atoms with E-state index < -0.39 is 5.83 Å². The maximum atomic E-state index is 12.9. The Morgan fingerprint density at radius 3 is 3.00 bits per heavy atom. The highest BCUT2D eigenvalue weighted by Gasteiger charge is 2.10. The summed E-state index contributed by atoms with van der Waals surface area (Å²) in [6, 6.07) is 0. The monoisotopic (exact) mass is 297 g/mol. The molecule has 0 bridgehead atoms. The quantitative estimate of drug-likeness (QED) is 0.487. The van der Waals surface area contributed by atoms with Gasteiger partial charge in [0.15, 0.2) is 11.7 Å². The molecule has 0 saturated carbocycles. The summed E-state index contributed by atoms with van der Waals surface area (Å²) < 4.78 is 14.0. The van der Waals surface area contributed by atoms with Crippen LogP contribution in [0.2, 0.25) is 0 Å². The number of rotatable bonds is 4. The van der Waals surface area contributed by atoms with Gasteiger partial charge in [-0.05, 0) is 17.3 Å². The second-order valence-corrected chi connectivity index (χ2v) is 3.95. The van der Waals surface area contributed by atoms with E-state index in [4.69, 9.17) is 5.73 Å². The summed E-state index contributed by atoms with van der Waals surface area (Å²) >= 11 is 2.33. The molecule has 0 aromatic rings. The summed E-state index contributed by atoms with van der Waals surface area (Å²) in [5.41, 5.74) is 5.27. The van der Waals surface area contributed by atoms with E-state index in [0.717, 1.165) is 23.8 Å². The van der Waals surface area contributed by atoms with Gasteiger partial charge < -0.3 is 10.6 Å². The van der Waals surface area contributed by atoms with Crippen molar-refractivity contribution in [3.05, 3.63) is 12.0 Å². The van der Waals surface area contributed by atoms with Crippen LogP contribution in [0.3, 0.4) is 0 Å². The zero-order valence-corrected chi connectivity index (χ0v) is 9.50. The standard InChI is InChI=1S/C8H13FIN3/c9-7-5-13(4-2-1-3-10)6-12-8(7)11/h5H,1-4,6H2,(H2,11,12). The van der Waals surface area contributed by atoms with Crippen LogP contribution in [0.15, 0.2) is 17.0 Å². The summed E-state index contributed by atoms with van der Waals surface area (Å²) in [7, 11) is 0. The van der Waals surface area contributed by atoms with Crippen LogP contribution in [0, 0.1) is 0 Å². The lowest BCUT2D eigenvalue weighted by Gasteiger charge is -2.21. The molecule has 5 heteroatoms. The topological polar surface area (TPSA) is 41.6 Å². The van der Waals surface area contributed by atoms with Crippen LogP contribution < -0.4 is 5.73 Å². The van der Waals surface area contributed by atoms with E-state index >= 15 is 0 Å². The molecule has 74 valence electrons. The van der Waals surface area contributed by atoms with Crippen molar-refractivity contribution in [1.82, 2.24) is 4.90 Å². The number of hydrogen-bond donors (Lipinski definition) is 1. The van der Waals surface area contributed by atoms with E-state index in [0.29, 0.717) is 6.67 Å². The SMILES string of the molecule is NC1=NCN(CCCCI)C=C1F. The van der Waals surface area contributed by atoms with E-state index in [-0.39, 0.29) is 5.84 Å². The van der Waals surface area contributed by atoms with Gasteiger partial charge in [0.2, 0.25) is 0 Å². The molecule has 1 aliphatic heterocycles. The molecule has 1 aliphatic rings. The lowest BCUT2D eigenvalue weighted by molar-refractivity contribution is 0.364. The number of halogens is 2. The maximum Gasteiger partial charge on any atom is 0.180 e. The lowest BCUT2D eigenvalue weighted by atomic mass is 10.3. The first kappa shape index (κ1) is 10.7. The number of unbranched alkanes of at least 4 members (excludes halogenated alkanes) is 1. The zero-order valence-electron chi connectivity index (χ0n) is 7.34. The summed E-state index contributed by atoms with van der Waals surface area (Å²) in [6.07, 6.45) is 3.67. The number of amidine groups is 1. The number of aliphatic imine (C=N–C) groups is 1. The van der Waals surface area contributed by atoms with Gasteiger partial charge in [-0.1, -0.05) is 22.6 Å². The van der Waals surface area contributed by atoms with Crippen molar-refractivity contribution in [2.45, 2.75) is 12.8 Å². The van der Waals surface area contributed by atoms with Gasteiger partial charge in [0.05, 0.1) is 0 Å². The van der Waals surface area contributed by atoms with Crippen LogP contribution in [-0.4, -0.2) is 28.4 Å². The normalized spacial score (nSPS) is 16.9. The Kier molecular flexibility index (Phi) is 4.47. The van der Waals surface area contributed by atoms with Crippen LogP contribution in [-0.2, 0) is 0 Å². The van der Waals surface area contributed by atoms with Gasteiger partial charge >= 0.3 is 0 Å². The van der Waals surface area contributed by atoms with Gasteiger partial charge in [0, 0.05) is 12.7 Å². The Morgan fingerprint density at radius 1 is 1.62 bits per heavy atom. The number of nitrogens with zero attached hydrogens (tertiary/aromatic N) is 2. The van der Waals surface area contributed by atoms with Gasteiger partial charge in [-0.2, -0.15) is 0 Å². The molecule has 0 fully saturated rings. The number of alkyl halides is 1. The zero-order chi connectivity index (χ0) is 9.68. The molecule has 0 spiro atoms. The molecule has 0 radical (unpaired) electrons. The molecule has 13 heavy (non-hydrogen) atoms. The van der Waals surface area contributed by atoms with Crippen molar-refractivity contribution in [2.24, 2.45) is 10.7 Å². The smallest absolute Gasteiger partial charge is 0.180 e. The highest BCUT2D eigenvalue weighted by atomic mass is 127. The van der Waals surface area contributed by atoms with E-state index in [1.807, 2.05) is 4.90 Å². The third-order valence-corrected chi connectivity index (χ3v) is 2.56. The fourth-order valence-corrected chi connectivity index (χ4v) is 1.59. The Labute approximate surface area is 91.0 Å². The van der Waals surface area contributed by atoms with E-state index in [1.165, 1.54) is 6.20 Å². The largest absolute Gasteiger partial charge is 0.381 e. The molecule has 3 nitrogen and oxygen atoms in total. The minimum absolute atomic E-state index is 0.0186. The third-order valence-electron chi connectivity index (χ3n) is 1.79. The van der Waals surface area contributed by atoms with Crippen LogP contribution >= 0.6 is 22.6 Å². The molecule has 1 rings (SSSR count). The van der Waals surface area contributed by atoms with Crippen LogP contribution in [0.1, 0.15) is 12.8 Å². The van der Waals surface area contributed by atoms with Crippen molar-refractivity contribution in [2.75, 3.05) is 17.6 Å². The summed E-state index contributed by atoms with van der Waals surface area (Å²) in [6.45, 7) is 1.34. The molecule has 0 aromatic heterocycles. The third kappa shape index (κ3) is 3.50. The summed E-state index contributed by atoms with van der Waals surface area (Å²) in [5, 5.41) is 0. The molecule has 0 aromatic carbocycles. The van der Waals surface area contributed by atoms with E-state index in [9.17, 15) is 4.39 Å². The lowest BCUT2D eigenvalue weighted by Crippen LogP contribution is -2.28. The minimum Gasteiger partial charge on any atom is -0.381 e. The molecule has 0 amide bonds. The Bertz CT molecular complexity index is 227.